The minimum absolute atomic E-state index is 0.0570. The summed E-state index contributed by atoms with van der Waals surface area (Å²) < 4.78 is 6.68. The molecule has 2 aromatic rings. The minimum atomic E-state index is 0.0570. The molecule has 0 aromatic heterocycles. The molecular formula is C35H45N7O2. The summed E-state index contributed by atoms with van der Waals surface area (Å²) in [6.07, 6.45) is 7.48. The first-order chi connectivity index (χ1) is 21.5. The quantitative estimate of drug-likeness (QED) is 0.124. The van der Waals surface area contributed by atoms with E-state index in [-0.39, 0.29) is 11.9 Å². The number of carbonyl (C=O) groups excluding carboxylic acids is 1. The Hall–Kier alpha value is -4.04. The Morgan fingerprint density at radius 3 is 2.45 bits per heavy atom. The highest BCUT2D eigenvalue weighted by Crippen LogP contribution is 2.45. The number of anilines is 1. The average molecular weight is 596 g/mol. The lowest BCUT2D eigenvalue weighted by molar-refractivity contribution is 0.0636. The lowest BCUT2D eigenvalue weighted by Crippen LogP contribution is -2.49. The number of ether oxygens (including phenoxy) is 1. The van der Waals surface area contributed by atoms with Crippen LogP contribution in [0.1, 0.15) is 55.6 Å². The van der Waals surface area contributed by atoms with E-state index in [4.69, 9.17) is 10.3 Å². The molecule has 1 saturated heterocycles. The van der Waals surface area contributed by atoms with Gasteiger partial charge < -0.3 is 14.5 Å². The third kappa shape index (κ3) is 6.55. The highest BCUT2D eigenvalue weighted by molar-refractivity contribution is 6.03. The Kier molecular flexibility index (Phi) is 10.4. The molecule has 9 heteroatoms. The van der Waals surface area contributed by atoms with Crippen molar-refractivity contribution in [1.82, 2.24) is 14.7 Å². The van der Waals surface area contributed by atoms with Crippen molar-refractivity contribution in [2.24, 2.45) is 5.11 Å². The maximum absolute atomic E-state index is 14.1. The van der Waals surface area contributed by atoms with Gasteiger partial charge in [0.1, 0.15) is 11.5 Å². The predicted molar refractivity (Wildman–Crippen MR) is 178 cm³/mol. The molecule has 1 atom stereocenters. The first-order valence-electron chi connectivity index (χ1n) is 16.1. The lowest BCUT2D eigenvalue weighted by Gasteiger charge is -2.35. The van der Waals surface area contributed by atoms with E-state index in [9.17, 15) is 4.79 Å². The number of carbonyl (C=O) groups is 1. The monoisotopic (exact) mass is 595 g/mol. The second-order valence-electron chi connectivity index (χ2n) is 11.3. The highest BCUT2D eigenvalue weighted by atomic mass is 16.5. The van der Waals surface area contributed by atoms with Gasteiger partial charge >= 0.3 is 0 Å². The van der Waals surface area contributed by atoms with Gasteiger partial charge in [0.25, 0.3) is 5.91 Å². The van der Waals surface area contributed by atoms with Crippen LogP contribution in [-0.2, 0) is 0 Å². The van der Waals surface area contributed by atoms with Crippen molar-refractivity contribution in [3.05, 3.63) is 99.2 Å². The van der Waals surface area contributed by atoms with Gasteiger partial charge in [-0.15, -0.1) is 0 Å². The van der Waals surface area contributed by atoms with Crippen LogP contribution in [0, 0.1) is 0 Å². The number of hydrogen-bond donors (Lipinski definition) is 0. The Balaban J connectivity index is 1.51. The van der Waals surface area contributed by atoms with Crippen molar-refractivity contribution in [3.8, 4) is 5.75 Å². The normalized spacial score (nSPS) is 17.9. The number of likely N-dealkylation sites (N-methyl/N-ethyl adjacent to an activating group) is 1. The number of amides is 1. The number of allylic oxidation sites excluding steroid dienone is 1. The van der Waals surface area contributed by atoms with Crippen molar-refractivity contribution < 1.29 is 9.53 Å². The molecule has 2 aliphatic heterocycles. The van der Waals surface area contributed by atoms with Crippen molar-refractivity contribution in [2.75, 3.05) is 70.3 Å². The topological polar surface area (TPSA) is 88.0 Å². The predicted octanol–water partition coefficient (Wildman–Crippen LogP) is 6.35. The van der Waals surface area contributed by atoms with Crippen molar-refractivity contribution in [2.45, 2.75) is 40.2 Å². The summed E-state index contributed by atoms with van der Waals surface area (Å²) in [6.45, 7) is 16.8. The smallest absolute Gasteiger partial charge is 0.254 e. The maximum atomic E-state index is 14.1. The van der Waals surface area contributed by atoms with E-state index in [0.29, 0.717) is 25.2 Å². The zero-order valence-electron chi connectivity index (χ0n) is 26.6. The molecular weight excluding hydrogens is 550 g/mol. The van der Waals surface area contributed by atoms with E-state index in [1.807, 2.05) is 23.1 Å². The standard InChI is InChI=1S/C35H45N7O2/c1-5-40(6-2)26-14-16-30-32(24-26)44-33-25-27(41(7-3)8-4)15-17-31(33)34(30)28-12-9-10-13-29(28)35(43)42-22-20-39(21-23-42)19-11-18-37-38-36/h9-10,12-17,24-26H,5-8,11,18-23H2,1-4H3. The van der Waals surface area contributed by atoms with Gasteiger partial charge in [0, 0.05) is 84.8 Å². The fraction of sp³-hybridized carbons (Fsp3) is 0.457. The maximum Gasteiger partial charge on any atom is 0.254 e. The van der Waals surface area contributed by atoms with Crippen molar-refractivity contribution >= 4 is 17.2 Å². The minimum Gasteiger partial charge on any atom is -0.456 e. The van der Waals surface area contributed by atoms with Crippen LogP contribution < -0.4 is 9.64 Å². The molecule has 1 fully saturated rings. The summed E-state index contributed by atoms with van der Waals surface area (Å²) in [5, 5.41) is 3.64. The van der Waals surface area contributed by atoms with E-state index >= 15 is 0 Å². The molecule has 0 bridgehead atoms. The van der Waals surface area contributed by atoms with Crippen molar-refractivity contribution in [1.29, 1.82) is 0 Å². The van der Waals surface area contributed by atoms with Crippen LogP contribution in [0.4, 0.5) is 5.69 Å². The first kappa shape index (κ1) is 31.4. The molecule has 1 aliphatic carbocycles. The SMILES string of the molecule is CCN(CC)c1ccc2c(c1)OC1=CC(N(CC)CC)C=CC1=C2c1ccccc1C(=O)N1CCN(CCCN=[N+]=[N-])CC1. The Morgan fingerprint density at radius 2 is 1.75 bits per heavy atom. The van der Waals surface area contributed by atoms with Gasteiger partial charge in [-0.3, -0.25) is 14.6 Å². The molecule has 44 heavy (non-hydrogen) atoms. The zero-order valence-corrected chi connectivity index (χ0v) is 26.6. The highest BCUT2D eigenvalue weighted by Gasteiger charge is 2.32. The molecule has 1 amide bonds. The van der Waals surface area contributed by atoms with Gasteiger partial charge in [0.05, 0.1) is 6.04 Å². The second-order valence-corrected chi connectivity index (χ2v) is 11.3. The molecule has 9 nitrogen and oxygen atoms in total. The molecule has 3 aliphatic rings. The summed E-state index contributed by atoms with van der Waals surface area (Å²) in [5.41, 5.74) is 14.4. The number of hydrogen-bond acceptors (Lipinski definition) is 6. The number of rotatable bonds is 12. The van der Waals surface area contributed by atoms with Gasteiger partial charge in [-0.1, -0.05) is 49.3 Å². The summed E-state index contributed by atoms with van der Waals surface area (Å²) >= 11 is 0. The van der Waals surface area contributed by atoms with Crippen LogP contribution in [0.5, 0.6) is 5.75 Å². The molecule has 1 unspecified atom stereocenters. The average Bonchev–Trinajstić information content (AvgIpc) is 3.06. The first-order valence-corrected chi connectivity index (χ1v) is 16.1. The summed E-state index contributed by atoms with van der Waals surface area (Å²) in [5.74, 6) is 1.73. The van der Waals surface area contributed by atoms with E-state index < -0.39 is 0 Å². The van der Waals surface area contributed by atoms with E-state index in [1.165, 1.54) is 0 Å². The molecule has 0 saturated carbocycles. The summed E-state index contributed by atoms with van der Waals surface area (Å²) in [4.78, 5) is 26.0. The van der Waals surface area contributed by atoms with Gasteiger partial charge in [0.2, 0.25) is 0 Å². The number of azide groups is 1. The third-order valence-electron chi connectivity index (χ3n) is 9.02. The Labute approximate surface area is 261 Å². The number of fused-ring (bicyclic) bond motifs is 2. The van der Waals surface area contributed by atoms with Crippen LogP contribution in [0.2, 0.25) is 0 Å². The van der Waals surface area contributed by atoms with Crippen LogP contribution in [0.3, 0.4) is 0 Å². The molecule has 232 valence electrons. The van der Waals surface area contributed by atoms with Gasteiger partial charge in [-0.05, 0) is 75.3 Å². The van der Waals surface area contributed by atoms with Crippen molar-refractivity contribution in [3.63, 3.8) is 0 Å². The fourth-order valence-electron chi connectivity index (χ4n) is 6.53. The summed E-state index contributed by atoms with van der Waals surface area (Å²) in [6, 6.07) is 14.7. The van der Waals surface area contributed by atoms with Gasteiger partial charge in [-0.2, -0.15) is 0 Å². The Morgan fingerprint density at radius 1 is 1.00 bits per heavy atom. The number of nitrogens with zero attached hydrogens (tertiary/aromatic N) is 7. The molecule has 0 radical (unpaired) electrons. The van der Waals surface area contributed by atoms with Crippen LogP contribution in [0.15, 0.2) is 77.1 Å². The van der Waals surface area contributed by atoms with Crippen LogP contribution in [-0.4, -0.2) is 92.1 Å². The number of benzene rings is 2. The van der Waals surface area contributed by atoms with E-state index in [2.05, 4.69) is 94.9 Å². The van der Waals surface area contributed by atoms with Crippen LogP contribution >= 0.6 is 0 Å². The largest absolute Gasteiger partial charge is 0.456 e. The fourth-order valence-corrected chi connectivity index (χ4v) is 6.53. The molecule has 5 rings (SSSR count). The van der Waals surface area contributed by atoms with Crippen LogP contribution in [0.25, 0.3) is 16.0 Å². The lowest BCUT2D eigenvalue weighted by atomic mass is 9.84. The molecule has 2 heterocycles. The summed E-state index contributed by atoms with van der Waals surface area (Å²) in [7, 11) is 0. The van der Waals surface area contributed by atoms with E-state index in [0.717, 1.165) is 91.7 Å². The van der Waals surface area contributed by atoms with E-state index in [1.54, 1.807) is 0 Å². The Bertz CT molecular complexity index is 1470. The third-order valence-corrected chi connectivity index (χ3v) is 9.02. The zero-order chi connectivity index (χ0) is 31.1. The molecule has 0 N–H and O–H groups in total. The number of piperazine rings is 1. The van der Waals surface area contributed by atoms with Gasteiger partial charge in [-0.25, -0.2) is 0 Å². The second kappa shape index (κ2) is 14.6. The molecule has 0 spiro atoms. The van der Waals surface area contributed by atoms with Gasteiger partial charge in [0.15, 0.2) is 0 Å². The molecule has 2 aromatic carbocycles.